The van der Waals surface area contributed by atoms with Gasteiger partial charge in [0.15, 0.2) is 0 Å². The number of ether oxygens (including phenoxy) is 1. The molecule has 0 heterocycles. The van der Waals surface area contributed by atoms with E-state index in [2.05, 4.69) is 135 Å². The predicted octanol–water partition coefficient (Wildman–Crippen LogP) is 20.3. The highest BCUT2D eigenvalue weighted by Gasteiger charge is 2.30. The summed E-state index contributed by atoms with van der Waals surface area (Å²) < 4.78 is 30.7. The Labute approximate surface area is 493 Å². The highest BCUT2D eigenvalue weighted by molar-refractivity contribution is 7.47. The molecule has 0 spiro atoms. The van der Waals surface area contributed by atoms with Gasteiger partial charge in [0.05, 0.1) is 33.8 Å². The summed E-state index contributed by atoms with van der Waals surface area (Å²) in [6.07, 6.45) is 81.9. The molecule has 0 radical (unpaired) electrons. The van der Waals surface area contributed by atoms with Crippen LogP contribution in [0, 0.1) is 0 Å². The highest BCUT2D eigenvalue weighted by atomic mass is 31.2. The number of esters is 1. The molecule has 3 atom stereocenters. The second-order valence-electron chi connectivity index (χ2n) is 22.5. The summed E-state index contributed by atoms with van der Waals surface area (Å²) >= 11 is 0. The van der Waals surface area contributed by atoms with Gasteiger partial charge in [-0.05, 0) is 115 Å². The van der Waals surface area contributed by atoms with E-state index < -0.39 is 20.0 Å². The number of phosphoric ester groups is 1. The maximum atomic E-state index is 13.6. The van der Waals surface area contributed by atoms with Crippen molar-refractivity contribution in [2.24, 2.45) is 0 Å². The molecule has 10 heteroatoms. The van der Waals surface area contributed by atoms with Crippen molar-refractivity contribution in [3.63, 3.8) is 0 Å². The summed E-state index contributed by atoms with van der Waals surface area (Å²) in [4.78, 5) is 37.8. The fraction of sp³-hybridized carbons (Fsp3) is 0.686. The van der Waals surface area contributed by atoms with Gasteiger partial charge in [-0.3, -0.25) is 18.6 Å². The van der Waals surface area contributed by atoms with Crippen molar-refractivity contribution in [2.75, 3.05) is 40.9 Å². The van der Waals surface area contributed by atoms with Crippen LogP contribution in [-0.2, 0) is 27.9 Å². The molecular formula is C70H122N2O7P+. The first-order chi connectivity index (χ1) is 38.9. The Bertz CT molecular complexity index is 1780. The Hall–Kier alpha value is -3.59. The van der Waals surface area contributed by atoms with E-state index in [1.165, 1.54) is 57.8 Å². The van der Waals surface area contributed by atoms with Crippen LogP contribution in [0.5, 0.6) is 0 Å². The zero-order chi connectivity index (χ0) is 58.6. The van der Waals surface area contributed by atoms with Crippen LogP contribution >= 0.6 is 7.82 Å². The molecule has 0 bridgehead atoms. The second-order valence-corrected chi connectivity index (χ2v) is 24.0. The summed E-state index contributed by atoms with van der Waals surface area (Å²) in [7, 11) is 1.46. The summed E-state index contributed by atoms with van der Waals surface area (Å²) in [5, 5.41) is 3.05. The molecule has 2 N–H and O–H groups in total. The Morgan fingerprint density at radius 2 is 0.800 bits per heavy atom. The van der Waals surface area contributed by atoms with Crippen LogP contribution in [0.4, 0.5) is 0 Å². The first-order valence-corrected chi connectivity index (χ1v) is 33.9. The number of unbranched alkanes of at least 4 members (excludes halogenated alkanes) is 23. The number of carbonyl (C=O) groups excluding carboxylic acids is 2. The minimum atomic E-state index is -4.47. The Kier molecular flexibility index (Phi) is 56.0. The molecular weight excluding hydrogens is 1010 g/mol. The Morgan fingerprint density at radius 3 is 1.20 bits per heavy atom. The smallest absolute Gasteiger partial charge is 0.456 e. The standard InChI is InChI=1S/C70H121N2O7P/c1-7-10-13-16-19-22-25-28-30-32-33-34-35-36-37-38-39-40-42-45-48-51-54-57-60-63-70(74)79-68(61-58-55-52-49-46-43-27-24-21-18-15-12-9-3)67(66-78-80(75,76)77-65-64-72(4,5)6)71-69(73)62-59-56-53-50-47-44-41-31-29-26-23-20-17-14-11-8-2/h10-11,13-14,19-20,22-23,28-31,33-34,36-37,39-40,58,61,67-68H,7-9,12,15-18,21,24-27,32,35,38,41-57,59-60,62-66H2,1-6H3,(H-,71,73,75,76)/p+1/b13-10-,14-11+,22-19-,23-20+,30-28-,31-29+,34-33-,37-36-,40-39-,61-58-. The van der Waals surface area contributed by atoms with Crippen molar-refractivity contribution in [3.8, 4) is 0 Å². The van der Waals surface area contributed by atoms with Crippen LogP contribution in [-0.4, -0.2) is 74.3 Å². The van der Waals surface area contributed by atoms with Gasteiger partial charge in [-0.25, -0.2) is 4.57 Å². The number of quaternary nitrogens is 1. The molecule has 0 aliphatic heterocycles. The molecule has 9 nitrogen and oxygen atoms in total. The molecule has 0 aliphatic carbocycles. The largest absolute Gasteiger partial charge is 0.472 e. The fourth-order valence-corrected chi connectivity index (χ4v) is 9.46. The van der Waals surface area contributed by atoms with E-state index in [1.54, 1.807) is 0 Å². The zero-order valence-corrected chi connectivity index (χ0v) is 53.2. The lowest BCUT2D eigenvalue weighted by atomic mass is 10.0. The monoisotopic (exact) mass is 1130 g/mol. The van der Waals surface area contributed by atoms with Crippen molar-refractivity contribution < 1.29 is 37.3 Å². The third-order valence-electron chi connectivity index (χ3n) is 13.6. The Morgan fingerprint density at radius 1 is 0.450 bits per heavy atom. The molecule has 1 amide bonds. The minimum absolute atomic E-state index is 0.0286. The number of hydrogen-bond donors (Lipinski definition) is 2. The molecule has 0 aromatic carbocycles. The summed E-state index contributed by atoms with van der Waals surface area (Å²) in [6, 6.07) is -0.870. The van der Waals surface area contributed by atoms with E-state index in [-0.39, 0.29) is 31.5 Å². The van der Waals surface area contributed by atoms with E-state index in [4.69, 9.17) is 13.8 Å². The van der Waals surface area contributed by atoms with Gasteiger partial charge in [-0.2, -0.15) is 0 Å². The zero-order valence-electron chi connectivity index (χ0n) is 52.3. The first-order valence-electron chi connectivity index (χ1n) is 32.4. The molecule has 0 rings (SSSR count). The topological polar surface area (TPSA) is 111 Å². The van der Waals surface area contributed by atoms with Crippen molar-refractivity contribution in [3.05, 3.63) is 122 Å². The van der Waals surface area contributed by atoms with E-state index in [0.29, 0.717) is 23.9 Å². The second kappa shape index (κ2) is 58.6. The number of nitrogens with zero attached hydrogens (tertiary/aromatic N) is 1. The number of nitrogens with one attached hydrogen (secondary N) is 1. The minimum Gasteiger partial charge on any atom is -0.456 e. The van der Waals surface area contributed by atoms with Crippen LogP contribution in [0.25, 0.3) is 0 Å². The summed E-state index contributed by atoms with van der Waals surface area (Å²) in [5.74, 6) is -0.543. The number of carbonyl (C=O) groups is 2. The first kappa shape index (κ1) is 76.4. The maximum absolute atomic E-state index is 13.6. The van der Waals surface area contributed by atoms with Gasteiger partial charge >= 0.3 is 13.8 Å². The van der Waals surface area contributed by atoms with E-state index in [9.17, 15) is 19.0 Å². The molecule has 3 unspecified atom stereocenters. The van der Waals surface area contributed by atoms with Gasteiger partial charge in [0, 0.05) is 12.8 Å². The van der Waals surface area contributed by atoms with Gasteiger partial charge < -0.3 is 19.4 Å². The third kappa shape index (κ3) is 59.0. The summed E-state index contributed by atoms with van der Waals surface area (Å²) in [5.41, 5.74) is 0. The average Bonchev–Trinajstić information content (AvgIpc) is 3.42. The van der Waals surface area contributed by atoms with Gasteiger partial charge in [0.2, 0.25) is 5.91 Å². The SMILES string of the molecule is CC/C=C\C/C=C\C/C=C\C/C=C\C/C=C\C/C=C\CCCCCCCCC(=O)OC(/C=C\CCCCCCCCCCCCC)C(COP(=O)(O)OCC[N+](C)(C)C)NC(=O)CCCCCCCC/C=C/C/C=C/C/C=C/CC. The van der Waals surface area contributed by atoms with E-state index in [1.807, 2.05) is 33.3 Å². The number of phosphoric acid groups is 1. The van der Waals surface area contributed by atoms with Gasteiger partial charge in [0.1, 0.15) is 19.3 Å². The predicted molar refractivity (Wildman–Crippen MR) is 346 cm³/mol. The summed E-state index contributed by atoms with van der Waals surface area (Å²) in [6.45, 7) is 6.76. The molecule has 80 heavy (non-hydrogen) atoms. The average molecular weight is 1130 g/mol. The number of rotatable bonds is 57. The lowest BCUT2D eigenvalue weighted by Crippen LogP contribution is -2.47. The lowest BCUT2D eigenvalue weighted by molar-refractivity contribution is -0.870. The number of likely N-dealkylation sites (N-methyl/N-ethyl adjacent to an activating group) is 1. The van der Waals surface area contributed by atoms with Gasteiger partial charge in [0.25, 0.3) is 0 Å². The third-order valence-corrected chi connectivity index (χ3v) is 14.6. The molecule has 0 fully saturated rings. The van der Waals surface area contributed by atoms with Gasteiger partial charge in [-0.15, -0.1) is 0 Å². The normalized spacial score (nSPS) is 14.4. The molecule has 0 aromatic rings. The number of hydrogen-bond acceptors (Lipinski definition) is 6. The van der Waals surface area contributed by atoms with Gasteiger partial charge in [-0.1, -0.05) is 252 Å². The number of amides is 1. The van der Waals surface area contributed by atoms with E-state index >= 15 is 0 Å². The molecule has 0 saturated carbocycles. The maximum Gasteiger partial charge on any atom is 0.472 e. The van der Waals surface area contributed by atoms with Crippen LogP contribution in [0.3, 0.4) is 0 Å². The van der Waals surface area contributed by atoms with E-state index in [0.717, 1.165) is 161 Å². The fourth-order valence-electron chi connectivity index (χ4n) is 8.72. The van der Waals surface area contributed by atoms with Crippen LogP contribution < -0.4 is 5.32 Å². The number of allylic oxidation sites excluding steroid dienone is 19. The Balaban J connectivity index is 5.26. The van der Waals surface area contributed by atoms with Crippen LogP contribution in [0.15, 0.2) is 122 Å². The van der Waals surface area contributed by atoms with Crippen molar-refractivity contribution >= 4 is 19.7 Å². The highest BCUT2D eigenvalue weighted by Crippen LogP contribution is 2.43. The van der Waals surface area contributed by atoms with Crippen molar-refractivity contribution in [2.45, 2.75) is 270 Å². The van der Waals surface area contributed by atoms with Crippen LogP contribution in [0.2, 0.25) is 0 Å². The molecule has 0 saturated heterocycles. The van der Waals surface area contributed by atoms with Crippen molar-refractivity contribution in [1.29, 1.82) is 0 Å². The van der Waals surface area contributed by atoms with Crippen LogP contribution in [0.1, 0.15) is 258 Å². The lowest BCUT2D eigenvalue weighted by Gasteiger charge is -2.27. The molecule has 458 valence electrons. The molecule has 0 aliphatic rings. The quantitative estimate of drug-likeness (QED) is 0.0205. The van der Waals surface area contributed by atoms with Crippen molar-refractivity contribution in [1.82, 2.24) is 5.32 Å². The molecule has 0 aromatic heterocycles.